The molecule has 7 heteroatoms. The molecule has 0 spiro atoms. The summed E-state index contributed by atoms with van der Waals surface area (Å²) in [6.07, 6.45) is 3.42. The van der Waals surface area contributed by atoms with Crippen LogP contribution in [0, 0.1) is 0 Å². The fraction of sp³-hybridized carbons (Fsp3) is 0.176. The van der Waals surface area contributed by atoms with Gasteiger partial charge in [-0.3, -0.25) is 9.78 Å². The van der Waals surface area contributed by atoms with Crippen LogP contribution in [-0.4, -0.2) is 30.8 Å². The number of halogens is 1. The third-order valence-corrected chi connectivity index (χ3v) is 4.94. The maximum atomic E-state index is 12.5. The predicted molar refractivity (Wildman–Crippen MR) is 95.3 cm³/mol. The monoisotopic (exact) mass is 358 g/mol. The minimum absolute atomic E-state index is 0.0325. The van der Waals surface area contributed by atoms with Gasteiger partial charge in [0.15, 0.2) is 16.8 Å². The molecule has 0 aliphatic rings. The molecule has 0 N–H and O–H groups in total. The summed E-state index contributed by atoms with van der Waals surface area (Å²) in [5, 5.41) is 9.45. The molecule has 24 heavy (non-hydrogen) atoms. The van der Waals surface area contributed by atoms with E-state index in [4.69, 9.17) is 11.6 Å². The van der Waals surface area contributed by atoms with Crippen molar-refractivity contribution < 1.29 is 4.79 Å². The number of Topliss-reactive ketones (excluding diaryl/α,β-unsaturated/α-hetero) is 1. The van der Waals surface area contributed by atoms with Crippen LogP contribution in [0.4, 0.5) is 0 Å². The Hall–Kier alpha value is -2.18. The van der Waals surface area contributed by atoms with E-state index in [0.717, 1.165) is 11.4 Å². The molecule has 0 amide bonds. The van der Waals surface area contributed by atoms with Crippen molar-refractivity contribution in [3.63, 3.8) is 0 Å². The van der Waals surface area contributed by atoms with Gasteiger partial charge < -0.3 is 4.57 Å². The lowest BCUT2D eigenvalue weighted by Crippen LogP contribution is -2.14. The van der Waals surface area contributed by atoms with Gasteiger partial charge in [0.2, 0.25) is 0 Å². The van der Waals surface area contributed by atoms with Crippen LogP contribution < -0.4 is 0 Å². The second-order valence-corrected chi connectivity index (χ2v) is 6.98. The van der Waals surface area contributed by atoms with Gasteiger partial charge >= 0.3 is 0 Å². The summed E-state index contributed by atoms with van der Waals surface area (Å²) in [7, 11) is 1.89. The van der Waals surface area contributed by atoms with Crippen LogP contribution in [0.3, 0.4) is 0 Å². The molecule has 0 aliphatic heterocycles. The predicted octanol–water partition coefficient (Wildman–Crippen LogP) is 3.89. The maximum Gasteiger partial charge on any atom is 0.191 e. The van der Waals surface area contributed by atoms with Gasteiger partial charge in [-0.15, -0.1) is 10.2 Å². The largest absolute Gasteiger partial charge is 0.305 e. The molecule has 1 aromatic carbocycles. The van der Waals surface area contributed by atoms with Crippen molar-refractivity contribution in [2.24, 2.45) is 7.05 Å². The summed E-state index contributed by atoms with van der Waals surface area (Å²) >= 11 is 7.25. The topological polar surface area (TPSA) is 60.7 Å². The lowest BCUT2D eigenvalue weighted by Gasteiger charge is -2.10. The first-order valence-corrected chi connectivity index (χ1v) is 8.58. The highest BCUT2D eigenvalue weighted by atomic mass is 35.5. The molecular weight excluding hydrogens is 344 g/mol. The van der Waals surface area contributed by atoms with Gasteiger partial charge in [-0.2, -0.15) is 0 Å². The molecule has 3 rings (SSSR count). The van der Waals surface area contributed by atoms with Crippen molar-refractivity contribution in [2.45, 2.75) is 17.3 Å². The van der Waals surface area contributed by atoms with Crippen molar-refractivity contribution in [3.8, 4) is 11.4 Å². The number of thioether (sulfide) groups is 1. The van der Waals surface area contributed by atoms with E-state index in [1.54, 1.807) is 36.7 Å². The molecule has 2 aromatic heterocycles. The van der Waals surface area contributed by atoms with Crippen molar-refractivity contribution in [1.82, 2.24) is 19.7 Å². The van der Waals surface area contributed by atoms with Gasteiger partial charge in [-0.05, 0) is 43.3 Å². The van der Waals surface area contributed by atoms with Gasteiger partial charge in [0.1, 0.15) is 0 Å². The summed E-state index contributed by atoms with van der Waals surface area (Å²) in [5.41, 5.74) is 1.57. The number of aromatic nitrogens is 4. The summed E-state index contributed by atoms with van der Waals surface area (Å²) in [6.45, 7) is 1.86. The van der Waals surface area contributed by atoms with E-state index in [1.165, 1.54) is 11.8 Å². The number of carbonyl (C=O) groups excluding carboxylic acids is 1. The van der Waals surface area contributed by atoms with Crippen LogP contribution in [0.1, 0.15) is 17.3 Å². The SMILES string of the molecule is C[C@H](Sc1nnc(-c2ccncc2)n1C)C(=O)c1ccc(Cl)cc1. The molecule has 0 bridgehead atoms. The molecule has 2 heterocycles. The Balaban J connectivity index is 1.78. The summed E-state index contributed by atoms with van der Waals surface area (Å²) in [6, 6.07) is 10.7. The van der Waals surface area contributed by atoms with Crippen LogP contribution in [0.25, 0.3) is 11.4 Å². The number of carbonyl (C=O) groups is 1. The third-order valence-electron chi connectivity index (χ3n) is 3.55. The van der Waals surface area contributed by atoms with Gasteiger partial charge in [0, 0.05) is 35.6 Å². The van der Waals surface area contributed by atoms with Gasteiger partial charge in [0.05, 0.1) is 5.25 Å². The highest BCUT2D eigenvalue weighted by molar-refractivity contribution is 8.00. The Morgan fingerprint density at radius 1 is 1.12 bits per heavy atom. The number of benzene rings is 1. The number of hydrogen-bond acceptors (Lipinski definition) is 5. The standard InChI is InChI=1S/C17H15ClN4OS/c1-11(15(23)12-3-5-14(18)6-4-12)24-17-21-20-16(22(17)2)13-7-9-19-10-8-13/h3-11H,1-2H3/t11-/m0/s1. The Morgan fingerprint density at radius 2 is 1.79 bits per heavy atom. The number of ketones is 1. The normalized spacial score (nSPS) is 12.1. The summed E-state index contributed by atoms with van der Waals surface area (Å²) in [4.78, 5) is 16.5. The molecule has 0 saturated heterocycles. The number of rotatable bonds is 5. The minimum atomic E-state index is -0.278. The Kier molecular flexibility index (Phi) is 4.97. The van der Waals surface area contributed by atoms with E-state index < -0.39 is 0 Å². The van der Waals surface area contributed by atoms with E-state index >= 15 is 0 Å². The number of hydrogen-bond donors (Lipinski definition) is 0. The second-order valence-electron chi connectivity index (χ2n) is 5.23. The van der Waals surface area contributed by atoms with E-state index in [9.17, 15) is 4.79 Å². The highest BCUT2D eigenvalue weighted by Crippen LogP contribution is 2.27. The van der Waals surface area contributed by atoms with E-state index in [1.807, 2.05) is 30.7 Å². The van der Waals surface area contributed by atoms with Crippen LogP contribution in [0.2, 0.25) is 5.02 Å². The van der Waals surface area contributed by atoms with Crippen LogP contribution >= 0.6 is 23.4 Å². The van der Waals surface area contributed by atoms with E-state index in [2.05, 4.69) is 15.2 Å². The van der Waals surface area contributed by atoms with Gasteiger partial charge in [0.25, 0.3) is 0 Å². The number of pyridine rings is 1. The Bertz CT molecular complexity index is 849. The van der Waals surface area contributed by atoms with Crippen LogP contribution in [-0.2, 0) is 7.05 Å². The maximum absolute atomic E-state index is 12.5. The highest BCUT2D eigenvalue weighted by Gasteiger charge is 2.20. The third kappa shape index (κ3) is 3.49. The first-order chi connectivity index (χ1) is 11.6. The fourth-order valence-electron chi connectivity index (χ4n) is 2.23. The molecule has 122 valence electrons. The van der Waals surface area contributed by atoms with Crippen LogP contribution in [0.15, 0.2) is 53.9 Å². The zero-order valence-corrected chi connectivity index (χ0v) is 14.8. The smallest absolute Gasteiger partial charge is 0.191 e. The summed E-state index contributed by atoms with van der Waals surface area (Å²) < 4.78 is 1.88. The molecule has 0 saturated carbocycles. The lowest BCUT2D eigenvalue weighted by atomic mass is 10.1. The molecule has 3 aromatic rings. The van der Waals surface area contributed by atoms with E-state index in [-0.39, 0.29) is 11.0 Å². The van der Waals surface area contributed by atoms with Gasteiger partial charge in [-0.25, -0.2) is 0 Å². The fourth-order valence-corrected chi connectivity index (χ4v) is 3.25. The molecule has 0 unspecified atom stereocenters. The molecule has 0 aliphatic carbocycles. The average Bonchev–Trinajstić information content (AvgIpc) is 2.96. The zero-order valence-electron chi connectivity index (χ0n) is 13.2. The lowest BCUT2D eigenvalue weighted by molar-refractivity contribution is 0.0994. The van der Waals surface area contributed by atoms with Crippen molar-refractivity contribution >= 4 is 29.1 Å². The van der Waals surface area contributed by atoms with Crippen molar-refractivity contribution in [2.75, 3.05) is 0 Å². The Morgan fingerprint density at radius 3 is 2.46 bits per heavy atom. The summed E-state index contributed by atoms with van der Waals surface area (Å²) in [5.74, 6) is 0.774. The number of nitrogens with zero attached hydrogens (tertiary/aromatic N) is 4. The minimum Gasteiger partial charge on any atom is -0.305 e. The molecule has 0 fully saturated rings. The Labute approximate surface area is 149 Å². The zero-order chi connectivity index (χ0) is 17.1. The molecule has 5 nitrogen and oxygen atoms in total. The van der Waals surface area contributed by atoms with Crippen LogP contribution in [0.5, 0.6) is 0 Å². The molecular formula is C17H15ClN4OS. The average molecular weight is 359 g/mol. The second kappa shape index (κ2) is 7.15. The van der Waals surface area contributed by atoms with Crippen molar-refractivity contribution in [3.05, 3.63) is 59.4 Å². The van der Waals surface area contributed by atoms with Crippen molar-refractivity contribution in [1.29, 1.82) is 0 Å². The first kappa shape index (κ1) is 16.7. The molecule has 0 radical (unpaired) electrons. The van der Waals surface area contributed by atoms with Gasteiger partial charge in [-0.1, -0.05) is 23.4 Å². The quantitative estimate of drug-likeness (QED) is 0.511. The van der Waals surface area contributed by atoms with E-state index in [0.29, 0.717) is 15.7 Å². The molecule has 1 atom stereocenters. The first-order valence-electron chi connectivity index (χ1n) is 7.32.